The summed E-state index contributed by atoms with van der Waals surface area (Å²) in [4.78, 5) is 61.8. The first kappa shape index (κ1) is 30.9. The minimum Gasteiger partial charge on any atom is -0.462 e. The fourth-order valence-corrected chi connectivity index (χ4v) is 4.50. The van der Waals surface area contributed by atoms with Gasteiger partial charge in [0.15, 0.2) is 29.9 Å². The van der Waals surface area contributed by atoms with E-state index >= 15 is 0 Å². The molecular weight excluding hydrogens is 524 g/mol. The lowest BCUT2D eigenvalue weighted by molar-refractivity contribution is -0.179. The summed E-state index contributed by atoms with van der Waals surface area (Å²) >= 11 is 0. The monoisotopic (exact) mass is 558 g/mol. The molecule has 0 aliphatic carbocycles. The first-order valence-electron chi connectivity index (χ1n) is 12.9. The highest BCUT2D eigenvalue weighted by molar-refractivity contribution is 5.97. The van der Waals surface area contributed by atoms with E-state index in [2.05, 4.69) is 6.58 Å². The van der Waals surface area contributed by atoms with Crippen LogP contribution in [0.5, 0.6) is 0 Å². The predicted molar refractivity (Wildman–Crippen MR) is 139 cm³/mol. The van der Waals surface area contributed by atoms with Crippen molar-refractivity contribution in [2.45, 2.75) is 82.9 Å². The molecule has 40 heavy (non-hydrogen) atoms. The Kier molecular flexibility index (Phi) is 11.3. The molecule has 0 bridgehead atoms. The van der Waals surface area contributed by atoms with Gasteiger partial charge in [-0.3, -0.25) is 24.0 Å². The third-order valence-electron chi connectivity index (χ3n) is 6.17. The average molecular weight is 559 g/mol. The third-order valence-corrected chi connectivity index (χ3v) is 6.17. The number of hydrogen-bond donors (Lipinski definition) is 0. The molecule has 0 radical (unpaired) electrons. The zero-order valence-electron chi connectivity index (χ0n) is 22.7. The lowest BCUT2D eigenvalue weighted by Gasteiger charge is -2.32. The van der Waals surface area contributed by atoms with Crippen LogP contribution in [-0.4, -0.2) is 78.8 Å². The summed E-state index contributed by atoms with van der Waals surface area (Å²) in [5, 5.41) is 0. The summed E-state index contributed by atoms with van der Waals surface area (Å²) in [6.45, 7) is 7.00. The maximum absolute atomic E-state index is 13.8. The number of Topliss-reactive ketones (excluding diaryl/α,β-unsaturated/α-hetero) is 1. The number of hydrogen-bond acceptors (Lipinski definition) is 11. The van der Waals surface area contributed by atoms with Gasteiger partial charge in [-0.15, -0.1) is 6.58 Å². The maximum Gasteiger partial charge on any atom is 0.303 e. The van der Waals surface area contributed by atoms with Gasteiger partial charge in [0.1, 0.15) is 18.8 Å². The SMILES string of the molecule is C=CCC1C=CC(=O)[C@@H]([C@@H](OC(C)=O)[C@@H]2OC(CC(COC(C)=O)OC(C)=O)[C@H](OCc3ccccc3)C2=O)O1. The number of esters is 3. The minimum absolute atomic E-state index is 0.0489. The number of benzene rings is 1. The third kappa shape index (κ3) is 8.67. The molecule has 1 saturated heterocycles. The normalized spacial score (nSPS) is 25.6. The van der Waals surface area contributed by atoms with Crippen molar-refractivity contribution < 1.29 is 52.4 Å². The van der Waals surface area contributed by atoms with E-state index < -0.39 is 72.2 Å². The Morgan fingerprint density at radius 1 is 0.975 bits per heavy atom. The highest BCUT2D eigenvalue weighted by Crippen LogP contribution is 2.32. The van der Waals surface area contributed by atoms with Crippen LogP contribution in [0, 0.1) is 0 Å². The molecule has 1 aromatic rings. The summed E-state index contributed by atoms with van der Waals surface area (Å²) in [5.41, 5.74) is 0.786. The number of carbonyl (C=O) groups excluding carboxylic acids is 5. The average Bonchev–Trinajstić information content (AvgIpc) is 3.20. The largest absolute Gasteiger partial charge is 0.462 e. The Labute approximate surface area is 232 Å². The van der Waals surface area contributed by atoms with Crippen molar-refractivity contribution in [3.8, 4) is 0 Å². The molecule has 2 aliphatic rings. The van der Waals surface area contributed by atoms with Crippen molar-refractivity contribution in [1.29, 1.82) is 0 Å². The second-order valence-corrected chi connectivity index (χ2v) is 9.44. The zero-order chi connectivity index (χ0) is 29.2. The fraction of sp³-hybridized carbons (Fsp3) is 0.483. The zero-order valence-corrected chi connectivity index (χ0v) is 22.7. The minimum atomic E-state index is -1.42. The molecule has 216 valence electrons. The first-order chi connectivity index (χ1) is 19.1. The molecule has 1 aromatic carbocycles. The molecule has 0 saturated carbocycles. The molecule has 0 aromatic heterocycles. The van der Waals surface area contributed by atoms with Gasteiger partial charge in [0.25, 0.3) is 0 Å². The quantitative estimate of drug-likeness (QED) is 0.200. The van der Waals surface area contributed by atoms with Gasteiger partial charge in [0.05, 0.1) is 18.8 Å². The second kappa shape index (κ2) is 14.6. The van der Waals surface area contributed by atoms with Gasteiger partial charge in [-0.2, -0.15) is 0 Å². The van der Waals surface area contributed by atoms with Gasteiger partial charge in [0, 0.05) is 27.2 Å². The van der Waals surface area contributed by atoms with Gasteiger partial charge >= 0.3 is 17.9 Å². The highest BCUT2D eigenvalue weighted by atomic mass is 16.6. The van der Waals surface area contributed by atoms with Crippen LogP contribution >= 0.6 is 0 Å². The van der Waals surface area contributed by atoms with Crippen molar-refractivity contribution in [1.82, 2.24) is 0 Å². The summed E-state index contributed by atoms with van der Waals surface area (Å²) < 4.78 is 33.7. The van der Waals surface area contributed by atoms with Gasteiger partial charge in [-0.1, -0.05) is 42.5 Å². The van der Waals surface area contributed by atoms with E-state index in [1.165, 1.54) is 19.9 Å². The van der Waals surface area contributed by atoms with Gasteiger partial charge in [-0.25, -0.2) is 0 Å². The highest BCUT2D eigenvalue weighted by Gasteiger charge is 2.53. The summed E-state index contributed by atoms with van der Waals surface area (Å²) in [5.74, 6) is -3.03. The van der Waals surface area contributed by atoms with E-state index in [0.717, 1.165) is 12.5 Å². The van der Waals surface area contributed by atoms with E-state index in [1.807, 2.05) is 30.3 Å². The topological polar surface area (TPSA) is 141 Å². The molecule has 2 heterocycles. The van der Waals surface area contributed by atoms with Crippen LogP contribution < -0.4 is 0 Å². The van der Waals surface area contributed by atoms with Gasteiger partial charge in [-0.05, 0) is 18.1 Å². The molecule has 11 heteroatoms. The Morgan fingerprint density at radius 3 is 2.30 bits per heavy atom. The summed E-state index contributed by atoms with van der Waals surface area (Å²) in [6, 6.07) is 9.11. The van der Waals surface area contributed by atoms with Crippen LogP contribution in [0.2, 0.25) is 0 Å². The van der Waals surface area contributed by atoms with Crippen LogP contribution in [0.4, 0.5) is 0 Å². The molecule has 3 unspecified atom stereocenters. The van der Waals surface area contributed by atoms with Crippen LogP contribution in [0.25, 0.3) is 0 Å². The van der Waals surface area contributed by atoms with E-state index in [1.54, 1.807) is 12.2 Å². The Morgan fingerprint density at radius 2 is 1.68 bits per heavy atom. The molecule has 7 atom stereocenters. The van der Waals surface area contributed by atoms with Gasteiger partial charge in [0.2, 0.25) is 0 Å². The molecule has 11 nitrogen and oxygen atoms in total. The van der Waals surface area contributed by atoms with E-state index in [9.17, 15) is 24.0 Å². The number of ketones is 2. The smallest absolute Gasteiger partial charge is 0.303 e. The Balaban J connectivity index is 1.90. The number of ether oxygens (including phenoxy) is 6. The van der Waals surface area contributed by atoms with E-state index in [-0.39, 0.29) is 19.6 Å². The molecule has 1 fully saturated rings. The van der Waals surface area contributed by atoms with Crippen LogP contribution in [0.3, 0.4) is 0 Å². The van der Waals surface area contributed by atoms with E-state index in [4.69, 9.17) is 28.4 Å². The standard InChI is InChI=1S/C29H34O11/c1-5-9-21-12-13-23(33)26(39-21)29(38-19(4)32)28-25(34)27(36-15-20-10-7-6-8-11-20)24(40-28)14-22(37-18(3)31)16-35-17(2)30/h5-8,10-13,21-22,24,26-29H,1,9,14-16H2,2-4H3/t21?,22?,24?,26-,27-,28+,29+/m0/s1. The predicted octanol–water partition coefficient (Wildman–Crippen LogP) is 2.19. The molecule has 0 amide bonds. The van der Waals surface area contributed by atoms with Crippen molar-refractivity contribution >= 4 is 29.5 Å². The van der Waals surface area contributed by atoms with E-state index in [0.29, 0.717) is 6.42 Å². The van der Waals surface area contributed by atoms with Crippen LogP contribution in [0.15, 0.2) is 55.1 Å². The lowest BCUT2D eigenvalue weighted by atomic mass is 9.96. The number of carbonyl (C=O) groups is 5. The van der Waals surface area contributed by atoms with Crippen LogP contribution in [0.1, 0.15) is 39.2 Å². The first-order valence-corrected chi connectivity index (χ1v) is 12.9. The summed E-state index contributed by atoms with van der Waals surface area (Å²) in [6.07, 6.45) is -3.02. The van der Waals surface area contributed by atoms with Gasteiger partial charge < -0.3 is 28.4 Å². The van der Waals surface area contributed by atoms with Crippen molar-refractivity contribution in [2.24, 2.45) is 0 Å². The fourth-order valence-electron chi connectivity index (χ4n) is 4.50. The Bertz CT molecular complexity index is 1110. The molecule has 0 spiro atoms. The van der Waals surface area contributed by atoms with Crippen molar-refractivity contribution in [3.63, 3.8) is 0 Å². The Hall–Kier alpha value is -3.67. The lowest BCUT2D eigenvalue weighted by Crippen LogP contribution is -2.51. The van der Waals surface area contributed by atoms with Crippen LogP contribution in [-0.2, 0) is 59.0 Å². The van der Waals surface area contributed by atoms with Crippen molar-refractivity contribution in [3.05, 3.63) is 60.7 Å². The summed E-state index contributed by atoms with van der Waals surface area (Å²) in [7, 11) is 0. The molecular formula is C29H34O11. The molecule has 2 aliphatic heterocycles. The second-order valence-electron chi connectivity index (χ2n) is 9.44. The van der Waals surface area contributed by atoms with Crippen molar-refractivity contribution in [2.75, 3.05) is 6.61 Å². The maximum atomic E-state index is 13.8. The molecule has 3 rings (SSSR count). The molecule has 0 N–H and O–H groups in total. The number of rotatable bonds is 13.